The van der Waals surface area contributed by atoms with E-state index in [9.17, 15) is 10.1 Å². The van der Waals surface area contributed by atoms with Gasteiger partial charge in [-0.2, -0.15) is 0 Å². The average molecular weight is 264 g/mol. The minimum Gasteiger partial charge on any atom is -0.487 e. The molecule has 1 aliphatic carbocycles. The summed E-state index contributed by atoms with van der Waals surface area (Å²) in [6.45, 7) is 2.92. The van der Waals surface area contributed by atoms with Crippen LogP contribution in [-0.4, -0.2) is 18.1 Å². The number of aryl methyl sites for hydroxylation is 1. The molecule has 2 rings (SSSR count). The Kier molecular flexibility index (Phi) is 4.37. The van der Waals surface area contributed by atoms with Gasteiger partial charge in [-0.25, -0.2) is 0 Å². The lowest BCUT2D eigenvalue weighted by Crippen LogP contribution is -2.23. The lowest BCUT2D eigenvalue weighted by atomic mass is 9.97. The number of para-hydroxylation sites is 1. The number of hydrogen-bond acceptors (Lipinski definition) is 4. The van der Waals surface area contributed by atoms with Crippen molar-refractivity contribution in [2.75, 3.05) is 13.2 Å². The van der Waals surface area contributed by atoms with Crippen molar-refractivity contribution < 1.29 is 9.66 Å². The molecule has 1 saturated carbocycles. The molecule has 5 heteroatoms. The number of nitrogens with zero attached hydrogens (tertiary/aromatic N) is 1. The molecule has 0 saturated heterocycles. The van der Waals surface area contributed by atoms with Crippen LogP contribution in [0, 0.1) is 28.9 Å². The Morgan fingerprint density at radius 3 is 2.84 bits per heavy atom. The predicted molar refractivity (Wildman–Crippen MR) is 73.2 cm³/mol. The summed E-state index contributed by atoms with van der Waals surface area (Å²) in [5, 5.41) is 11.1. The van der Waals surface area contributed by atoms with Crippen molar-refractivity contribution in [2.45, 2.75) is 26.2 Å². The molecule has 0 aromatic heterocycles. The first-order valence-electron chi connectivity index (χ1n) is 6.70. The molecular weight excluding hydrogens is 244 g/mol. The van der Waals surface area contributed by atoms with E-state index in [0.29, 0.717) is 36.3 Å². The largest absolute Gasteiger partial charge is 0.487 e. The van der Waals surface area contributed by atoms with Gasteiger partial charge in [0.05, 0.1) is 11.5 Å². The maximum Gasteiger partial charge on any atom is 0.313 e. The molecule has 0 aliphatic heterocycles. The second kappa shape index (κ2) is 6.02. The fourth-order valence-electron chi connectivity index (χ4n) is 2.82. The van der Waals surface area contributed by atoms with Crippen LogP contribution in [0.1, 0.15) is 24.8 Å². The lowest BCUT2D eigenvalue weighted by Gasteiger charge is -2.18. The van der Waals surface area contributed by atoms with Gasteiger partial charge in [-0.15, -0.1) is 0 Å². The maximum atomic E-state index is 11.1. The summed E-state index contributed by atoms with van der Waals surface area (Å²) in [4.78, 5) is 10.7. The van der Waals surface area contributed by atoms with Crippen LogP contribution in [0.4, 0.5) is 5.69 Å². The molecule has 2 atom stereocenters. The van der Waals surface area contributed by atoms with E-state index in [1.165, 1.54) is 6.42 Å². The highest BCUT2D eigenvalue weighted by Gasteiger charge is 2.27. The van der Waals surface area contributed by atoms with Crippen LogP contribution in [0.2, 0.25) is 0 Å². The number of ether oxygens (including phenoxy) is 1. The van der Waals surface area contributed by atoms with Crippen LogP contribution in [0.3, 0.4) is 0 Å². The van der Waals surface area contributed by atoms with E-state index in [1.807, 2.05) is 0 Å². The number of nitrogens with two attached hydrogens (primary N) is 1. The third kappa shape index (κ3) is 3.04. The number of hydrogen-bond donors (Lipinski definition) is 1. The van der Waals surface area contributed by atoms with Crippen LogP contribution < -0.4 is 10.5 Å². The minimum atomic E-state index is -0.375. The van der Waals surface area contributed by atoms with Gasteiger partial charge in [-0.1, -0.05) is 18.6 Å². The Balaban J connectivity index is 2.07. The molecule has 0 bridgehead atoms. The van der Waals surface area contributed by atoms with Crippen LogP contribution >= 0.6 is 0 Å². The summed E-state index contributed by atoms with van der Waals surface area (Å²) in [6.07, 6.45) is 3.41. The fraction of sp³-hybridized carbons (Fsp3) is 0.571. The number of benzene rings is 1. The zero-order chi connectivity index (χ0) is 13.8. The van der Waals surface area contributed by atoms with E-state index in [1.54, 1.807) is 25.1 Å². The third-order valence-corrected chi connectivity index (χ3v) is 3.96. The fourth-order valence-corrected chi connectivity index (χ4v) is 2.82. The van der Waals surface area contributed by atoms with E-state index in [0.717, 1.165) is 12.8 Å². The van der Waals surface area contributed by atoms with Crippen molar-refractivity contribution in [3.05, 3.63) is 33.9 Å². The van der Waals surface area contributed by atoms with Crippen molar-refractivity contribution in [1.29, 1.82) is 0 Å². The SMILES string of the molecule is Cc1cccc(OCC2CCCC2CN)c1[N+](=O)[O-]. The van der Waals surface area contributed by atoms with Crippen molar-refractivity contribution in [1.82, 2.24) is 0 Å². The summed E-state index contributed by atoms with van der Waals surface area (Å²) in [5.41, 5.74) is 6.43. The van der Waals surface area contributed by atoms with Crippen molar-refractivity contribution in [2.24, 2.45) is 17.6 Å². The monoisotopic (exact) mass is 264 g/mol. The van der Waals surface area contributed by atoms with Gasteiger partial charge in [-0.05, 0) is 44.2 Å². The Hall–Kier alpha value is -1.62. The Morgan fingerprint density at radius 1 is 1.42 bits per heavy atom. The molecule has 5 nitrogen and oxygen atoms in total. The topological polar surface area (TPSA) is 78.4 Å². The molecule has 0 spiro atoms. The first kappa shape index (κ1) is 13.8. The predicted octanol–water partition coefficient (Wildman–Crippen LogP) is 2.66. The van der Waals surface area contributed by atoms with E-state index in [4.69, 9.17) is 10.5 Å². The molecule has 1 aliphatic rings. The summed E-state index contributed by atoms with van der Waals surface area (Å²) in [5.74, 6) is 1.28. The molecule has 0 radical (unpaired) electrons. The first-order valence-corrected chi connectivity index (χ1v) is 6.70. The van der Waals surface area contributed by atoms with Gasteiger partial charge in [-0.3, -0.25) is 10.1 Å². The van der Waals surface area contributed by atoms with E-state index >= 15 is 0 Å². The molecule has 0 heterocycles. The van der Waals surface area contributed by atoms with Crippen LogP contribution in [0.5, 0.6) is 5.75 Å². The Morgan fingerprint density at radius 2 is 2.16 bits per heavy atom. The van der Waals surface area contributed by atoms with Crippen molar-refractivity contribution >= 4 is 5.69 Å². The highest BCUT2D eigenvalue weighted by atomic mass is 16.6. The second-order valence-corrected chi connectivity index (χ2v) is 5.18. The highest BCUT2D eigenvalue weighted by molar-refractivity contribution is 5.52. The maximum absolute atomic E-state index is 11.1. The standard InChI is InChI=1S/C14H20N2O3/c1-10-4-2-7-13(14(10)16(17)18)19-9-12-6-3-5-11(12)8-15/h2,4,7,11-12H,3,5-6,8-9,15H2,1H3. The van der Waals surface area contributed by atoms with Gasteiger partial charge in [0.2, 0.25) is 0 Å². The molecule has 2 N–H and O–H groups in total. The third-order valence-electron chi connectivity index (χ3n) is 3.96. The molecule has 1 fully saturated rings. The van der Waals surface area contributed by atoms with E-state index in [-0.39, 0.29) is 10.6 Å². The molecule has 19 heavy (non-hydrogen) atoms. The zero-order valence-corrected chi connectivity index (χ0v) is 11.2. The Labute approximate surface area is 112 Å². The minimum absolute atomic E-state index is 0.0739. The zero-order valence-electron chi connectivity index (χ0n) is 11.2. The molecule has 1 aromatic carbocycles. The van der Waals surface area contributed by atoms with Gasteiger partial charge >= 0.3 is 5.69 Å². The molecule has 2 unspecified atom stereocenters. The van der Waals surface area contributed by atoms with Gasteiger partial charge in [0, 0.05) is 5.56 Å². The summed E-state index contributed by atoms with van der Waals surface area (Å²) in [7, 11) is 0. The highest BCUT2D eigenvalue weighted by Crippen LogP contribution is 2.34. The van der Waals surface area contributed by atoms with E-state index in [2.05, 4.69) is 0 Å². The second-order valence-electron chi connectivity index (χ2n) is 5.18. The van der Waals surface area contributed by atoms with Gasteiger partial charge < -0.3 is 10.5 Å². The first-order chi connectivity index (χ1) is 9.13. The van der Waals surface area contributed by atoms with E-state index < -0.39 is 0 Å². The molecule has 104 valence electrons. The van der Waals surface area contributed by atoms with Crippen molar-refractivity contribution in [3.8, 4) is 5.75 Å². The smallest absolute Gasteiger partial charge is 0.313 e. The van der Waals surface area contributed by atoms with Crippen molar-refractivity contribution in [3.63, 3.8) is 0 Å². The Bertz CT molecular complexity index is 462. The normalized spacial score (nSPS) is 22.4. The summed E-state index contributed by atoms with van der Waals surface area (Å²) >= 11 is 0. The average Bonchev–Trinajstić information content (AvgIpc) is 2.83. The van der Waals surface area contributed by atoms with Gasteiger partial charge in [0.1, 0.15) is 0 Å². The summed E-state index contributed by atoms with van der Waals surface area (Å²) in [6, 6.07) is 5.17. The lowest BCUT2D eigenvalue weighted by molar-refractivity contribution is -0.386. The van der Waals surface area contributed by atoms with Crippen LogP contribution in [0.15, 0.2) is 18.2 Å². The number of nitro benzene ring substituents is 1. The van der Waals surface area contributed by atoms with Crippen LogP contribution in [-0.2, 0) is 0 Å². The van der Waals surface area contributed by atoms with Crippen LogP contribution in [0.25, 0.3) is 0 Å². The van der Waals surface area contributed by atoms with Gasteiger partial charge in [0.15, 0.2) is 5.75 Å². The molecule has 0 amide bonds. The number of nitro groups is 1. The molecular formula is C14H20N2O3. The molecule has 1 aromatic rings. The number of rotatable bonds is 5. The summed E-state index contributed by atoms with van der Waals surface area (Å²) < 4.78 is 5.70. The van der Waals surface area contributed by atoms with Gasteiger partial charge in [0.25, 0.3) is 0 Å². The quantitative estimate of drug-likeness (QED) is 0.655.